The SMILES string of the molecule is C=CCOC(=O)N1CCC(CNCc2ccc(-c3ccc(-c4nc5ccc(C(F)(F)F)cc5[nH]4)cc3)cc2)C1.O=C(O)C(F)(F)F. The van der Waals surface area contributed by atoms with Crippen LogP contribution in [0.1, 0.15) is 17.5 Å². The Morgan fingerprint density at radius 2 is 1.61 bits per heavy atom. The highest BCUT2D eigenvalue weighted by atomic mass is 19.4. The zero-order chi connectivity index (χ0) is 33.5. The molecule has 1 unspecified atom stereocenters. The molecule has 8 nitrogen and oxygen atoms in total. The monoisotopic (exact) mass is 648 g/mol. The summed E-state index contributed by atoms with van der Waals surface area (Å²) in [6.45, 7) is 6.76. The molecule has 3 N–H and O–H groups in total. The van der Waals surface area contributed by atoms with E-state index in [-0.39, 0.29) is 12.7 Å². The molecule has 1 saturated heterocycles. The maximum absolute atomic E-state index is 13.0. The molecule has 244 valence electrons. The minimum atomic E-state index is -5.08. The summed E-state index contributed by atoms with van der Waals surface area (Å²) in [4.78, 5) is 30.0. The lowest BCUT2D eigenvalue weighted by molar-refractivity contribution is -0.192. The van der Waals surface area contributed by atoms with E-state index in [1.165, 1.54) is 6.07 Å². The molecule has 14 heteroatoms. The smallest absolute Gasteiger partial charge is 0.475 e. The lowest BCUT2D eigenvalue weighted by atomic mass is 10.0. The molecule has 1 atom stereocenters. The molecule has 1 aliphatic heterocycles. The number of carboxylic acid groups (broad SMARTS) is 1. The van der Waals surface area contributed by atoms with Crippen LogP contribution >= 0.6 is 0 Å². The molecule has 1 aromatic heterocycles. The number of halogens is 6. The first kappa shape index (κ1) is 34.0. The van der Waals surface area contributed by atoms with Crippen LogP contribution in [-0.2, 0) is 22.3 Å². The molecular formula is C32H30F6N4O4. The molecule has 46 heavy (non-hydrogen) atoms. The molecule has 0 spiro atoms. The molecule has 0 saturated carbocycles. The molecule has 0 aliphatic carbocycles. The average molecular weight is 649 g/mol. The fraction of sp³-hybridized carbons (Fsp3) is 0.281. The summed E-state index contributed by atoms with van der Waals surface area (Å²) in [5, 5.41) is 10.6. The van der Waals surface area contributed by atoms with Crippen LogP contribution < -0.4 is 5.32 Å². The van der Waals surface area contributed by atoms with E-state index < -0.39 is 23.9 Å². The van der Waals surface area contributed by atoms with Crippen LogP contribution in [-0.4, -0.2) is 64.5 Å². The number of rotatable bonds is 8. The third-order valence-corrected chi connectivity index (χ3v) is 7.13. The number of aromatic nitrogens is 2. The van der Waals surface area contributed by atoms with Crippen LogP contribution in [0.4, 0.5) is 31.1 Å². The largest absolute Gasteiger partial charge is 0.490 e. The molecule has 4 aromatic rings. The number of benzene rings is 3. The van der Waals surface area contributed by atoms with Crippen molar-refractivity contribution in [2.75, 3.05) is 26.2 Å². The van der Waals surface area contributed by atoms with E-state index in [1.807, 2.05) is 24.3 Å². The summed E-state index contributed by atoms with van der Waals surface area (Å²) >= 11 is 0. The Balaban J connectivity index is 0.000000617. The van der Waals surface area contributed by atoms with Gasteiger partial charge in [-0.15, -0.1) is 0 Å². The number of hydrogen-bond donors (Lipinski definition) is 3. The number of ether oxygens (including phenoxy) is 1. The van der Waals surface area contributed by atoms with Crippen molar-refractivity contribution >= 4 is 23.1 Å². The maximum atomic E-state index is 13.0. The van der Waals surface area contributed by atoms with Crippen molar-refractivity contribution in [2.24, 2.45) is 5.92 Å². The highest BCUT2D eigenvalue weighted by molar-refractivity contribution is 5.80. The van der Waals surface area contributed by atoms with Gasteiger partial charge in [0.1, 0.15) is 12.4 Å². The fourth-order valence-corrected chi connectivity index (χ4v) is 4.77. The predicted octanol–water partition coefficient (Wildman–Crippen LogP) is 7.28. The fourth-order valence-electron chi connectivity index (χ4n) is 4.77. The molecule has 2 heterocycles. The van der Waals surface area contributed by atoms with Crippen molar-refractivity contribution in [1.82, 2.24) is 20.2 Å². The van der Waals surface area contributed by atoms with Gasteiger partial charge in [0.25, 0.3) is 0 Å². The van der Waals surface area contributed by atoms with Crippen LogP contribution in [0.2, 0.25) is 0 Å². The minimum Gasteiger partial charge on any atom is -0.475 e. The lowest BCUT2D eigenvalue weighted by Gasteiger charge is -2.16. The van der Waals surface area contributed by atoms with Gasteiger partial charge in [-0.1, -0.05) is 61.2 Å². The van der Waals surface area contributed by atoms with Gasteiger partial charge in [0.05, 0.1) is 16.6 Å². The highest BCUT2D eigenvalue weighted by Crippen LogP contribution is 2.32. The third kappa shape index (κ3) is 9.10. The molecule has 1 amide bonds. The summed E-state index contributed by atoms with van der Waals surface area (Å²) in [5.74, 6) is -1.83. The Labute approximate surface area is 259 Å². The summed E-state index contributed by atoms with van der Waals surface area (Å²) in [5.41, 5.74) is 4.19. The van der Waals surface area contributed by atoms with E-state index in [0.717, 1.165) is 53.9 Å². The molecule has 3 aromatic carbocycles. The van der Waals surface area contributed by atoms with Gasteiger partial charge < -0.3 is 25.0 Å². The summed E-state index contributed by atoms with van der Waals surface area (Å²) < 4.78 is 75.9. The van der Waals surface area contributed by atoms with E-state index in [1.54, 1.807) is 11.0 Å². The van der Waals surface area contributed by atoms with Crippen LogP contribution in [0.15, 0.2) is 79.4 Å². The van der Waals surface area contributed by atoms with Crippen LogP contribution in [0, 0.1) is 5.92 Å². The number of aliphatic carboxylic acids is 1. The van der Waals surface area contributed by atoms with E-state index in [9.17, 15) is 31.1 Å². The second kappa shape index (κ2) is 14.5. The lowest BCUT2D eigenvalue weighted by Crippen LogP contribution is -2.31. The number of carbonyl (C=O) groups excluding carboxylic acids is 1. The maximum Gasteiger partial charge on any atom is 0.490 e. The molecule has 0 radical (unpaired) electrons. The number of hydrogen-bond acceptors (Lipinski definition) is 5. The molecule has 5 rings (SSSR count). The highest BCUT2D eigenvalue weighted by Gasteiger charge is 2.38. The number of amides is 1. The van der Waals surface area contributed by atoms with Gasteiger partial charge in [0, 0.05) is 31.7 Å². The number of nitrogens with zero attached hydrogens (tertiary/aromatic N) is 2. The predicted molar refractivity (Wildman–Crippen MR) is 159 cm³/mol. The zero-order valence-electron chi connectivity index (χ0n) is 24.3. The van der Waals surface area contributed by atoms with Gasteiger partial charge in [-0.05, 0) is 47.2 Å². The van der Waals surface area contributed by atoms with E-state index in [4.69, 9.17) is 14.6 Å². The normalized spacial score (nSPS) is 14.9. The minimum absolute atomic E-state index is 0.231. The number of imidazole rings is 1. The molecule has 0 bridgehead atoms. The second-order valence-corrected chi connectivity index (χ2v) is 10.5. The van der Waals surface area contributed by atoms with Gasteiger partial charge in [0.2, 0.25) is 0 Å². The van der Waals surface area contributed by atoms with Crippen LogP contribution in [0.5, 0.6) is 0 Å². The standard InChI is InChI=1S/C30H29F3N4O2.C2HF3O2/c1-2-15-39-29(38)37-14-13-21(19-37)18-34-17-20-3-5-22(6-4-20)23-7-9-24(10-8-23)28-35-26-12-11-25(30(31,32)33)16-27(26)36-28;3-2(4,5)1(6)7/h2-12,16,21,34H,1,13-15,17-19H2,(H,35,36);(H,6,7). The van der Waals surface area contributed by atoms with Gasteiger partial charge in [0.15, 0.2) is 0 Å². The van der Waals surface area contributed by atoms with Crippen LogP contribution in [0.3, 0.4) is 0 Å². The summed E-state index contributed by atoms with van der Waals surface area (Å²) in [6, 6.07) is 19.6. The van der Waals surface area contributed by atoms with E-state index in [0.29, 0.717) is 35.9 Å². The number of aromatic amines is 1. The quantitative estimate of drug-likeness (QED) is 0.137. The Morgan fingerprint density at radius 3 is 2.20 bits per heavy atom. The van der Waals surface area contributed by atoms with Crippen molar-refractivity contribution in [3.05, 3.63) is 90.5 Å². The summed E-state index contributed by atoms with van der Waals surface area (Å²) in [6.07, 6.45) is -7.24. The molecule has 1 fully saturated rings. The Morgan fingerprint density at radius 1 is 1.00 bits per heavy atom. The van der Waals surface area contributed by atoms with Crippen molar-refractivity contribution in [3.8, 4) is 22.5 Å². The zero-order valence-corrected chi connectivity index (χ0v) is 24.3. The van der Waals surface area contributed by atoms with Crippen molar-refractivity contribution < 1.29 is 45.8 Å². The number of nitrogens with one attached hydrogen (secondary N) is 2. The number of H-pyrrole nitrogens is 1. The van der Waals surface area contributed by atoms with Gasteiger partial charge in [-0.2, -0.15) is 26.3 Å². The van der Waals surface area contributed by atoms with E-state index >= 15 is 0 Å². The number of alkyl halides is 6. The van der Waals surface area contributed by atoms with Crippen LogP contribution in [0.25, 0.3) is 33.5 Å². The first-order chi connectivity index (χ1) is 21.7. The molecular weight excluding hydrogens is 618 g/mol. The van der Waals surface area contributed by atoms with E-state index in [2.05, 4.69) is 46.1 Å². The van der Waals surface area contributed by atoms with Crippen molar-refractivity contribution in [1.29, 1.82) is 0 Å². The average Bonchev–Trinajstić information content (AvgIpc) is 3.67. The Bertz CT molecular complexity index is 1650. The van der Waals surface area contributed by atoms with Crippen molar-refractivity contribution in [3.63, 3.8) is 0 Å². The Hall–Kier alpha value is -4.85. The first-order valence-corrected chi connectivity index (χ1v) is 14.0. The first-order valence-electron chi connectivity index (χ1n) is 14.0. The second-order valence-electron chi connectivity index (χ2n) is 10.5. The molecule has 1 aliphatic rings. The summed E-state index contributed by atoms with van der Waals surface area (Å²) in [7, 11) is 0. The van der Waals surface area contributed by atoms with Crippen molar-refractivity contribution in [2.45, 2.75) is 25.3 Å². The topological polar surface area (TPSA) is 108 Å². The third-order valence-electron chi connectivity index (χ3n) is 7.13. The van der Waals surface area contributed by atoms with Gasteiger partial charge in [-0.3, -0.25) is 0 Å². The number of likely N-dealkylation sites (tertiary alicyclic amines) is 1. The van der Waals surface area contributed by atoms with Gasteiger partial charge in [-0.25, -0.2) is 14.6 Å². The number of fused-ring (bicyclic) bond motifs is 1. The number of carboxylic acids is 1. The van der Waals surface area contributed by atoms with Gasteiger partial charge >= 0.3 is 24.4 Å². The Kier molecular flexibility index (Phi) is 10.7. The number of carbonyl (C=O) groups is 2.